The Balaban J connectivity index is 2.31. The fraction of sp³-hybridized carbons (Fsp3) is 0.615. The third-order valence-corrected chi connectivity index (χ3v) is 2.88. The van der Waals surface area contributed by atoms with Crippen LogP contribution in [0.5, 0.6) is 0 Å². The molecule has 0 fully saturated rings. The highest BCUT2D eigenvalue weighted by Crippen LogP contribution is 2.18. The molecule has 0 unspecified atom stereocenters. The smallest absolute Gasteiger partial charge is 0.276 e. The van der Waals surface area contributed by atoms with Gasteiger partial charge in [0.05, 0.1) is 17.1 Å². The number of nitro groups is 1. The Labute approximate surface area is 113 Å². The van der Waals surface area contributed by atoms with Gasteiger partial charge in [0.2, 0.25) is 0 Å². The van der Waals surface area contributed by atoms with Crippen LogP contribution in [0.3, 0.4) is 0 Å². The van der Waals surface area contributed by atoms with E-state index in [-0.39, 0.29) is 11.5 Å². The van der Waals surface area contributed by atoms with Crippen molar-refractivity contribution in [1.82, 2.24) is 4.98 Å². The van der Waals surface area contributed by atoms with Crippen LogP contribution in [0.2, 0.25) is 0 Å². The minimum absolute atomic E-state index is 0.0297. The molecule has 1 aromatic heterocycles. The Kier molecular flexibility index (Phi) is 6.63. The zero-order valence-corrected chi connectivity index (χ0v) is 11.4. The fourth-order valence-corrected chi connectivity index (χ4v) is 1.85. The summed E-state index contributed by atoms with van der Waals surface area (Å²) < 4.78 is 0. The van der Waals surface area contributed by atoms with Crippen molar-refractivity contribution in [1.29, 1.82) is 0 Å². The van der Waals surface area contributed by atoms with Crippen LogP contribution in [0.1, 0.15) is 45.4 Å². The van der Waals surface area contributed by atoms with Crippen LogP contribution < -0.4 is 11.1 Å². The second kappa shape index (κ2) is 8.29. The van der Waals surface area contributed by atoms with E-state index in [4.69, 9.17) is 5.73 Å². The number of hydrogen-bond donors (Lipinski definition) is 2. The van der Waals surface area contributed by atoms with Crippen LogP contribution in [0.4, 0.5) is 17.3 Å². The molecule has 106 valence electrons. The first-order valence-electron chi connectivity index (χ1n) is 6.79. The van der Waals surface area contributed by atoms with Gasteiger partial charge >= 0.3 is 0 Å². The molecule has 0 bridgehead atoms. The summed E-state index contributed by atoms with van der Waals surface area (Å²) in [5, 5.41) is 13.8. The van der Waals surface area contributed by atoms with E-state index in [2.05, 4.69) is 17.2 Å². The van der Waals surface area contributed by atoms with Gasteiger partial charge in [-0.05, 0) is 6.42 Å². The fourth-order valence-electron chi connectivity index (χ4n) is 1.85. The standard InChI is InChI=1S/C13H22N4O2/c1-2-3-4-5-6-7-8-15-13-10-11(17(18)19)9-12(14)16-13/h9-10H,2-8H2,1H3,(H3,14,15,16). The average Bonchev–Trinajstić information content (AvgIpc) is 2.37. The van der Waals surface area contributed by atoms with E-state index in [0.29, 0.717) is 5.82 Å². The Morgan fingerprint density at radius 2 is 1.95 bits per heavy atom. The Bertz CT molecular complexity index is 410. The van der Waals surface area contributed by atoms with Crippen LogP contribution in [-0.2, 0) is 0 Å². The third-order valence-electron chi connectivity index (χ3n) is 2.88. The van der Waals surface area contributed by atoms with Gasteiger partial charge in [0.15, 0.2) is 0 Å². The van der Waals surface area contributed by atoms with Crippen molar-refractivity contribution >= 4 is 17.3 Å². The van der Waals surface area contributed by atoms with Crippen molar-refractivity contribution in [3.8, 4) is 0 Å². The number of rotatable bonds is 9. The largest absolute Gasteiger partial charge is 0.383 e. The molecule has 0 aromatic carbocycles. The summed E-state index contributed by atoms with van der Waals surface area (Å²) in [5.74, 6) is 0.639. The van der Waals surface area contributed by atoms with Crippen LogP contribution in [-0.4, -0.2) is 16.5 Å². The maximum Gasteiger partial charge on any atom is 0.276 e. The molecule has 0 aliphatic heterocycles. The third kappa shape index (κ3) is 6.03. The molecule has 6 nitrogen and oxygen atoms in total. The van der Waals surface area contributed by atoms with E-state index in [9.17, 15) is 10.1 Å². The first kappa shape index (κ1) is 15.2. The molecule has 0 radical (unpaired) electrons. The summed E-state index contributed by atoms with van der Waals surface area (Å²) in [7, 11) is 0. The number of nitrogen functional groups attached to an aromatic ring is 1. The van der Waals surface area contributed by atoms with Crippen molar-refractivity contribution in [2.75, 3.05) is 17.6 Å². The topological polar surface area (TPSA) is 94.1 Å². The molecular weight excluding hydrogens is 244 g/mol. The summed E-state index contributed by atoms with van der Waals surface area (Å²) in [4.78, 5) is 14.2. The predicted molar refractivity (Wildman–Crippen MR) is 77.2 cm³/mol. The van der Waals surface area contributed by atoms with Crippen LogP contribution in [0.15, 0.2) is 12.1 Å². The lowest BCUT2D eigenvalue weighted by Crippen LogP contribution is -2.05. The molecule has 0 aliphatic carbocycles. The molecule has 0 saturated carbocycles. The van der Waals surface area contributed by atoms with Gasteiger partial charge < -0.3 is 11.1 Å². The highest BCUT2D eigenvalue weighted by molar-refractivity contribution is 5.52. The van der Waals surface area contributed by atoms with Gasteiger partial charge in [-0.2, -0.15) is 0 Å². The van der Waals surface area contributed by atoms with Gasteiger partial charge in [0.1, 0.15) is 11.6 Å². The van der Waals surface area contributed by atoms with E-state index >= 15 is 0 Å². The molecule has 0 spiro atoms. The van der Waals surface area contributed by atoms with Crippen LogP contribution in [0, 0.1) is 10.1 Å². The zero-order chi connectivity index (χ0) is 14.1. The predicted octanol–water partition coefficient (Wildman–Crippen LogP) is 3.34. The van der Waals surface area contributed by atoms with E-state index in [1.165, 1.54) is 37.8 Å². The molecule has 1 aromatic rings. The molecule has 1 rings (SSSR count). The van der Waals surface area contributed by atoms with Gasteiger partial charge in [-0.15, -0.1) is 0 Å². The lowest BCUT2D eigenvalue weighted by molar-refractivity contribution is -0.384. The lowest BCUT2D eigenvalue weighted by atomic mass is 10.1. The minimum Gasteiger partial charge on any atom is -0.383 e. The molecule has 3 N–H and O–H groups in total. The number of aromatic nitrogens is 1. The first-order valence-corrected chi connectivity index (χ1v) is 6.79. The van der Waals surface area contributed by atoms with Gasteiger partial charge in [-0.1, -0.05) is 39.0 Å². The molecule has 19 heavy (non-hydrogen) atoms. The van der Waals surface area contributed by atoms with Crippen molar-refractivity contribution in [2.24, 2.45) is 0 Å². The van der Waals surface area contributed by atoms with Crippen LogP contribution in [0.25, 0.3) is 0 Å². The maximum atomic E-state index is 10.7. The number of unbranched alkanes of at least 4 members (excludes halogenated alkanes) is 5. The van der Waals surface area contributed by atoms with E-state index in [1.54, 1.807) is 0 Å². The van der Waals surface area contributed by atoms with Crippen molar-refractivity contribution in [2.45, 2.75) is 45.4 Å². The normalized spacial score (nSPS) is 10.4. The lowest BCUT2D eigenvalue weighted by Gasteiger charge is -2.06. The summed E-state index contributed by atoms with van der Waals surface area (Å²) in [6, 6.07) is 2.67. The van der Waals surface area contributed by atoms with Crippen molar-refractivity contribution < 1.29 is 4.92 Å². The Hall–Kier alpha value is -1.85. The van der Waals surface area contributed by atoms with E-state index in [0.717, 1.165) is 19.4 Å². The number of nitrogens with two attached hydrogens (primary N) is 1. The quantitative estimate of drug-likeness (QED) is 0.406. The minimum atomic E-state index is -0.464. The van der Waals surface area contributed by atoms with Gasteiger partial charge in [-0.3, -0.25) is 10.1 Å². The molecule has 0 amide bonds. The highest BCUT2D eigenvalue weighted by atomic mass is 16.6. The Morgan fingerprint density at radius 3 is 2.63 bits per heavy atom. The van der Waals surface area contributed by atoms with Crippen molar-refractivity contribution in [3.63, 3.8) is 0 Å². The summed E-state index contributed by atoms with van der Waals surface area (Å²) >= 11 is 0. The van der Waals surface area contributed by atoms with Gasteiger partial charge in [0.25, 0.3) is 5.69 Å². The highest BCUT2D eigenvalue weighted by Gasteiger charge is 2.09. The SMILES string of the molecule is CCCCCCCCNc1cc([N+](=O)[O-])cc(N)n1. The number of anilines is 2. The second-order valence-electron chi connectivity index (χ2n) is 4.59. The molecule has 0 saturated heterocycles. The summed E-state index contributed by atoms with van der Waals surface area (Å²) in [6.07, 6.45) is 7.25. The molecular formula is C13H22N4O2. The monoisotopic (exact) mass is 266 g/mol. The number of nitrogens with one attached hydrogen (secondary N) is 1. The van der Waals surface area contributed by atoms with E-state index in [1.807, 2.05) is 0 Å². The molecule has 1 heterocycles. The molecule has 6 heteroatoms. The van der Waals surface area contributed by atoms with E-state index < -0.39 is 4.92 Å². The Morgan fingerprint density at radius 1 is 1.26 bits per heavy atom. The number of hydrogen-bond acceptors (Lipinski definition) is 5. The van der Waals surface area contributed by atoms with Crippen LogP contribution >= 0.6 is 0 Å². The maximum absolute atomic E-state index is 10.7. The van der Waals surface area contributed by atoms with Crippen molar-refractivity contribution in [3.05, 3.63) is 22.2 Å². The number of nitrogens with zero attached hydrogens (tertiary/aromatic N) is 2. The first-order chi connectivity index (χ1) is 9.13. The second-order valence-corrected chi connectivity index (χ2v) is 4.59. The van der Waals surface area contributed by atoms with Gasteiger partial charge in [0, 0.05) is 6.54 Å². The summed E-state index contributed by atoms with van der Waals surface area (Å²) in [6.45, 7) is 2.96. The van der Waals surface area contributed by atoms with Gasteiger partial charge in [-0.25, -0.2) is 4.98 Å². The number of pyridine rings is 1. The molecule has 0 atom stereocenters. The summed E-state index contributed by atoms with van der Waals surface area (Å²) in [5.41, 5.74) is 5.50. The zero-order valence-electron chi connectivity index (χ0n) is 11.4. The molecule has 0 aliphatic rings. The average molecular weight is 266 g/mol.